The van der Waals surface area contributed by atoms with Crippen LogP contribution in [-0.4, -0.2) is 27.3 Å². The molecule has 1 aliphatic heterocycles. The summed E-state index contributed by atoms with van der Waals surface area (Å²) in [4.78, 5) is 24.0. The second-order valence-corrected chi connectivity index (χ2v) is 9.70. The molecule has 40 heavy (non-hydrogen) atoms. The van der Waals surface area contributed by atoms with Gasteiger partial charge in [-0.05, 0) is 55.0 Å². The Balaban J connectivity index is 0.00000274. The van der Waals surface area contributed by atoms with Gasteiger partial charge < -0.3 is 14.6 Å². The van der Waals surface area contributed by atoms with E-state index in [1.165, 1.54) is 0 Å². The van der Waals surface area contributed by atoms with Gasteiger partial charge in [-0.3, -0.25) is 4.79 Å². The summed E-state index contributed by atoms with van der Waals surface area (Å²) >= 11 is 0. The van der Waals surface area contributed by atoms with Crippen molar-refractivity contribution in [3.05, 3.63) is 125 Å². The molecule has 2 atom stereocenters. The van der Waals surface area contributed by atoms with Crippen molar-refractivity contribution in [1.82, 2.24) is 14.9 Å². The molecule has 0 radical (unpaired) electrons. The molecule has 0 aliphatic carbocycles. The van der Waals surface area contributed by atoms with E-state index in [0.717, 1.165) is 45.7 Å². The molecule has 1 N–H and O–H groups in total. The zero-order valence-corrected chi connectivity index (χ0v) is 25.3. The van der Waals surface area contributed by atoms with Gasteiger partial charge in [-0.1, -0.05) is 108 Å². The third-order valence-corrected chi connectivity index (χ3v) is 6.67. The first-order valence-corrected chi connectivity index (χ1v) is 14.0. The van der Waals surface area contributed by atoms with E-state index in [-0.39, 0.29) is 17.9 Å². The van der Waals surface area contributed by atoms with Crippen LogP contribution in [0.25, 0.3) is 12.2 Å². The van der Waals surface area contributed by atoms with Crippen molar-refractivity contribution in [1.29, 1.82) is 0 Å². The fourth-order valence-corrected chi connectivity index (χ4v) is 4.73. The highest BCUT2D eigenvalue weighted by Crippen LogP contribution is 2.40. The number of ether oxygens (including phenoxy) is 1. The molecule has 0 spiro atoms. The number of nitrogens with zero attached hydrogens (tertiary/aromatic N) is 2. The van der Waals surface area contributed by atoms with Crippen LogP contribution in [0.4, 0.5) is 0 Å². The number of carbonyl (C=O) groups is 1. The molecular weight excluding hydrogens is 494 g/mol. The van der Waals surface area contributed by atoms with Crippen molar-refractivity contribution >= 4 is 18.1 Å². The number of H-pyrrole nitrogens is 1. The van der Waals surface area contributed by atoms with E-state index in [1.54, 1.807) is 12.4 Å². The molecule has 0 saturated heterocycles. The molecule has 212 valence electrons. The summed E-state index contributed by atoms with van der Waals surface area (Å²) in [5.74, 6) is 0.648. The number of hydrogen-bond donors (Lipinski definition) is 1. The number of fused-ring (bicyclic) bond motifs is 1. The highest BCUT2D eigenvalue weighted by atomic mass is 16.5. The molecule has 1 aromatic carbocycles. The van der Waals surface area contributed by atoms with Gasteiger partial charge >= 0.3 is 0 Å². The zero-order valence-electron chi connectivity index (χ0n) is 25.3. The normalized spacial score (nSPS) is 16.9. The maximum atomic E-state index is 14.2. The Morgan fingerprint density at radius 2 is 1.82 bits per heavy atom. The number of nitrogens with one attached hydrogen (secondary N) is 1. The summed E-state index contributed by atoms with van der Waals surface area (Å²) in [5.41, 5.74) is 6.70. The number of aromatic nitrogens is 2. The van der Waals surface area contributed by atoms with Crippen LogP contribution in [0, 0.1) is 0 Å². The topological polar surface area (TPSA) is 58.2 Å². The fourth-order valence-electron chi connectivity index (χ4n) is 4.73. The minimum atomic E-state index is -0.322. The Bertz CT molecular complexity index is 1330. The van der Waals surface area contributed by atoms with E-state index < -0.39 is 0 Å². The van der Waals surface area contributed by atoms with Crippen molar-refractivity contribution < 1.29 is 9.53 Å². The smallest absolute Gasteiger partial charge is 0.290 e. The highest BCUT2D eigenvalue weighted by Gasteiger charge is 2.39. The molecule has 0 bridgehead atoms. The van der Waals surface area contributed by atoms with Crippen LogP contribution in [0.2, 0.25) is 0 Å². The van der Waals surface area contributed by atoms with Crippen LogP contribution in [0.3, 0.4) is 0 Å². The molecule has 5 heteroatoms. The average Bonchev–Trinajstić information content (AvgIpc) is 3.45. The molecule has 2 aromatic rings. The van der Waals surface area contributed by atoms with Crippen LogP contribution >= 0.6 is 0 Å². The number of aromatic amines is 1. The lowest BCUT2D eigenvalue weighted by Gasteiger charge is -2.39. The van der Waals surface area contributed by atoms with Gasteiger partial charge in [0.25, 0.3) is 5.91 Å². The summed E-state index contributed by atoms with van der Waals surface area (Å²) in [5, 5.41) is 0. The summed E-state index contributed by atoms with van der Waals surface area (Å²) in [6.07, 6.45) is 13.8. The first-order chi connectivity index (χ1) is 19.2. The quantitative estimate of drug-likeness (QED) is 0.186. The van der Waals surface area contributed by atoms with E-state index in [1.807, 2.05) is 82.0 Å². The molecule has 5 nitrogen and oxygen atoms in total. The Labute approximate surface area is 241 Å². The van der Waals surface area contributed by atoms with E-state index in [0.29, 0.717) is 18.1 Å². The van der Waals surface area contributed by atoms with Crippen LogP contribution in [0.15, 0.2) is 103 Å². The Hall–Kier alpha value is -4.12. The third-order valence-electron chi connectivity index (χ3n) is 6.67. The van der Waals surface area contributed by atoms with E-state index in [4.69, 9.17) is 4.74 Å². The van der Waals surface area contributed by atoms with E-state index in [2.05, 4.69) is 55.7 Å². The van der Waals surface area contributed by atoms with Gasteiger partial charge in [-0.2, -0.15) is 0 Å². The minimum absolute atomic E-state index is 0.0708. The number of amides is 1. The molecule has 1 aromatic heterocycles. The Morgan fingerprint density at radius 1 is 1.15 bits per heavy atom. The summed E-state index contributed by atoms with van der Waals surface area (Å²) in [6.45, 7) is 26.3. The van der Waals surface area contributed by atoms with Gasteiger partial charge in [0, 0.05) is 12.5 Å². The van der Waals surface area contributed by atoms with Crippen molar-refractivity contribution in [2.24, 2.45) is 0 Å². The first kappa shape index (κ1) is 32.1. The molecule has 1 aliphatic rings. The maximum Gasteiger partial charge on any atom is 0.290 e. The fraction of sp³-hybridized carbons (Fsp3) is 0.314. The van der Waals surface area contributed by atoms with Gasteiger partial charge in [-0.25, -0.2) is 4.98 Å². The number of hydrogen-bond acceptors (Lipinski definition) is 3. The van der Waals surface area contributed by atoms with Crippen LogP contribution in [-0.2, 0) is 9.53 Å². The Morgan fingerprint density at radius 3 is 2.42 bits per heavy atom. The van der Waals surface area contributed by atoms with Gasteiger partial charge in [0.15, 0.2) is 5.76 Å². The third kappa shape index (κ3) is 7.50. The predicted octanol–water partition coefficient (Wildman–Crippen LogP) is 9.07. The van der Waals surface area contributed by atoms with E-state index in [9.17, 15) is 4.79 Å². The van der Waals surface area contributed by atoms with Crippen LogP contribution in [0.5, 0.6) is 0 Å². The van der Waals surface area contributed by atoms with E-state index >= 15 is 0 Å². The maximum absolute atomic E-state index is 14.2. The Kier molecular flexibility index (Phi) is 12.4. The second kappa shape index (κ2) is 15.5. The van der Waals surface area contributed by atoms with Crippen LogP contribution < -0.4 is 0 Å². The molecule has 3 rings (SSSR count). The first-order valence-electron chi connectivity index (χ1n) is 14.0. The van der Waals surface area contributed by atoms with Gasteiger partial charge in [0.1, 0.15) is 5.76 Å². The monoisotopic (exact) mass is 539 g/mol. The van der Waals surface area contributed by atoms with Crippen molar-refractivity contribution in [3.63, 3.8) is 0 Å². The average molecular weight is 540 g/mol. The number of allylic oxidation sites excluding steroid dienone is 6. The zero-order chi connectivity index (χ0) is 29.8. The largest absolute Gasteiger partial charge is 0.452 e. The van der Waals surface area contributed by atoms with Crippen LogP contribution in [0.1, 0.15) is 89.4 Å². The second-order valence-electron chi connectivity index (χ2n) is 9.70. The summed E-state index contributed by atoms with van der Waals surface area (Å²) < 4.78 is 6.21. The lowest BCUT2D eigenvalue weighted by Crippen LogP contribution is -2.43. The molecular formula is C35H45N3O2. The molecule has 1 amide bonds. The van der Waals surface area contributed by atoms with Crippen molar-refractivity contribution in [2.45, 2.75) is 66.8 Å². The van der Waals surface area contributed by atoms with Gasteiger partial charge in [0.2, 0.25) is 0 Å². The SMILES string of the molecule is C=C/C=C\C=C(/CC)C(=C)OC(C(=O)N1CC(C)c2nc[nH]c2C1/C(C)=C/c1ccccc1C=C)=C(C)C.CC. The lowest BCUT2D eigenvalue weighted by molar-refractivity contribution is -0.132. The summed E-state index contributed by atoms with van der Waals surface area (Å²) in [7, 11) is 0. The number of imidazole rings is 1. The molecule has 2 heterocycles. The van der Waals surface area contributed by atoms with Gasteiger partial charge in [0.05, 0.1) is 23.8 Å². The molecule has 2 unspecified atom stereocenters. The number of carbonyl (C=O) groups excluding carboxylic acids is 1. The molecule has 0 fully saturated rings. The number of rotatable bonds is 10. The summed E-state index contributed by atoms with van der Waals surface area (Å²) in [6, 6.07) is 7.76. The lowest BCUT2D eigenvalue weighted by atomic mass is 9.89. The standard InChI is InChI=1S/C33H39N3O2.C2H6/c1-9-12-13-16-26(10-2)25(8)38-32(22(4)5)33(37)36-20-24(7)29-30(35-21-34-29)31(36)23(6)19-28-18-15-14-17-27(28)11-3;1-2/h9,11-19,21,24,31H,1,3,8,10,20H2,2,4-7H3,(H,34,35);1-2H3/b13-12-,23-19+,26-16+;. The highest BCUT2D eigenvalue weighted by molar-refractivity contribution is 5.93. The minimum Gasteiger partial charge on any atom is -0.452 e. The molecule has 0 saturated carbocycles. The van der Waals surface area contributed by atoms with Gasteiger partial charge in [-0.15, -0.1) is 0 Å². The van der Waals surface area contributed by atoms with Crippen molar-refractivity contribution in [2.75, 3.05) is 6.54 Å². The number of benzene rings is 1. The predicted molar refractivity (Wildman–Crippen MR) is 169 cm³/mol. The van der Waals surface area contributed by atoms with Crippen molar-refractivity contribution in [3.8, 4) is 0 Å².